The Morgan fingerprint density at radius 2 is 1.71 bits per heavy atom. The van der Waals surface area contributed by atoms with E-state index in [-0.39, 0.29) is 5.54 Å². The number of nitrogens with zero attached hydrogens (tertiary/aromatic N) is 4. The number of halogens is 5. The Morgan fingerprint density at radius 1 is 1.19 bits per heavy atom. The molecule has 0 saturated carbocycles. The molecule has 0 amide bonds. The fraction of sp³-hybridized carbons (Fsp3) is 0.400. The monoisotopic (exact) mass is 370 g/mol. The number of benzene rings is 1. The Kier molecular flexibility index (Phi) is 5.08. The van der Waals surface area contributed by atoms with Crippen LogP contribution in [0.1, 0.15) is 20.8 Å². The summed E-state index contributed by atoms with van der Waals surface area (Å²) in [7, 11) is -6.00. The van der Waals surface area contributed by atoms with Crippen molar-refractivity contribution in [3.05, 3.63) is 27.9 Å². The lowest BCUT2D eigenvalue weighted by atomic mass is 10.1. The predicted octanol–water partition coefficient (Wildman–Crippen LogP) is 2.37. The van der Waals surface area contributed by atoms with E-state index < -0.39 is 7.25 Å². The van der Waals surface area contributed by atoms with Gasteiger partial charge in [-0.1, -0.05) is 15.9 Å². The Morgan fingerprint density at radius 3 is 2.19 bits per heavy atom. The number of fused-ring (bicyclic) bond motifs is 1. The van der Waals surface area contributed by atoms with Crippen LogP contribution in [0.4, 0.5) is 17.3 Å². The summed E-state index contributed by atoms with van der Waals surface area (Å²) in [5.74, 6) is 0. The van der Waals surface area contributed by atoms with Gasteiger partial charge in [-0.3, -0.25) is 0 Å². The predicted molar refractivity (Wildman–Crippen MR) is 71.6 cm³/mol. The van der Waals surface area contributed by atoms with Gasteiger partial charge < -0.3 is 22.5 Å². The van der Waals surface area contributed by atoms with Gasteiger partial charge in [0.15, 0.2) is 0 Å². The molecule has 0 radical (unpaired) electrons. The van der Waals surface area contributed by atoms with Gasteiger partial charge in [-0.25, -0.2) is 0 Å². The van der Waals surface area contributed by atoms with Gasteiger partial charge >= 0.3 is 12.5 Å². The normalized spacial score (nSPS) is 12.0. The number of hydrogen-bond acceptors (Lipinski definition) is 3. The van der Waals surface area contributed by atoms with Gasteiger partial charge in [-0.05, 0) is 12.1 Å². The van der Waals surface area contributed by atoms with Crippen LogP contribution in [0.3, 0.4) is 0 Å². The van der Waals surface area contributed by atoms with E-state index in [2.05, 4.69) is 26.2 Å². The lowest BCUT2D eigenvalue weighted by molar-refractivity contribution is -0.941. The summed E-state index contributed by atoms with van der Waals surface area (Å²) in [5, 5.41) is 19.9. The van der Waals surface area contributed by atoms with Crippen LogP contribution in [0, 0.1) is 5.21 Å². The largest absolute Gasteiger partial charge is 0.673 e. The molecule has 2 aromatic rings. The molecule has 0 aliphatic heterocycles. The van der Waals surface area contributed by atoms with Gasteiger partial charge in [0.25, 0.3) is 5.52 Å². The van der Waals surface area contributed by atoms with Gasteiger partial charge in [0.1, 0.15) is 0 Å². The summed E-state index contributed by atoms with van der Waals surface area (Å²) >= 11 is 3.35. The molecule has 1 heterocycles. The standard InChI is InChI=1S/C10H12BrN4O.BF4/c1-10(2,3)15-12-8-6-7(11)4-5-9(8)14(16)13-15;2-1(3,4)5/h4-6H,1-3H3;/q+1;-1. The molecular weight excluding hydrogens is 359 g/mol. The van der Waals surface area contributed by atoms with Crippen LogP contribution < -0.4 is 9.64 Å². The highest BCUT2D eigenvalue weighted by atomic mass is 79.9. The molecule has 0 spiro atoms. The van der Waals surface area contributed by atoms with Gasteiger partial charge in [0, 0.05) is 41.3 Å². The van der Waals surface area contributed by atoms with E-state index in [1.807, 2.05) is 20.8 Å². The van der Waals surface area contributed by atoms with Gasteiger partial charge in [0.05, 0.1) is 4.80 Å². The van der Waals surface area contributed by atoms with Gasteiger partial charge in [0.2, 0.25) is 11.1 Å². The van der Waals surface area contributed by atoms with Crippen molar-refractivity contribution in [2.45, 2.75) is 26.3 Å². The van der Waals surface area contributed by atoms with Crippen LogP contribution in [0.5, 0.6) is 0 Å². The second-order valence-corrected chi connectivity index (χ2v) is 5.97. The molecule has 0 N–H and O–H groups in total. The quantitative estimate of drug-likeness (QED) is 0.309. The number of hydrogen-bond donors (Lipinski definition) is 0. The zero-order valence-electron chi connectivity index (χ0n) is 11.4. The van der Waals surface area contributed by atoms with Crippen molar-refractivity contribution in [2.24, 2.45) is 0 Å². The van der Waals surface area contributed by atoms with Crippen LogP contribution in [0.15, 0.2) is 22.7 Å². The fourth-order valence-electron chi connectivity index (χ4n) is 1.27. The van der Waals surface area contributed by atoms with E-state index in [0.29, 0.717) is 15.9 Å². The lowest BCUT2D eigenvalue weighted by Gasteiger charge is -2.06. The molecule has 21 heavy (non-hydrogen) atoms. The molecule has 0 atom stereocenters. The van der Waals surface area contributed by atoms with Crippen molar-refractivity contribution in [1.82, 2.24) is 10.3 Å². The Hall–Kier alpha value is -1.52. The average molecular weight is 371 g/mol. The molecule has 11 heteroatoms. The van der Waals surface area contributed by atoms with Crippen molar-refractivity contribution >= 4 is 34.2 Å². The first-order chi connectivity index (χ1) is 9.38. The molecule has 5 nitrogen and oxygen atoms in total. The maximum atomic E-state index is 11.7. The summed E-state index contributed by atoms with van der Waals surface area (Å²) < 4.78 is 39.9. The van der Waals surface area contributed by atoms with E-state index >= 15 is 0 Å². The van der Waals surface area contributed by atoms with Crippen molar-refractivity contribution < 1.29 is 26.9 Å². The maximum absolute atomic E-state index is 11.7. The minimum absolute atomic E-state index is 0.317. The SMILES string of the molecule is CC(C)(C)[n+]1nc2cc(Br)ccc2[n+]([O-])n1.F[B-](F)(F)F. The molecular formula is C10H12BBrF4N4O. The van der Waals surface area contributed by atoms with E-state index in [1.165, 1.54) is 4.80 Å². The summed E-state index contributed by atoms with van der Waals surface area (Å²) in [6.07, 6.45) is 0. The molecule has 0 unspecified atom stereocenters. The van der Waals surface area contributed by atoms with Crippen LogP contribution in [-0.2, 0) is 5.54 Å². The molecule has 116 valence electrons. The Balaban J connectivity index is 0.000000383. The Bertz CT molecular complexity index is 641. The van der Waals surface area contributed by atoms with Crippen LogP contribution in [-0.4, -0.2) is 17.6 Å². The van der Waals surface area contributed by atoms with Crippen LogP contribution in [0.25, 0.3) is 11.0 Å². The van der Waals surface area contributed by atoms with Crippen molar-refractivity contribution in [3.63, 3.8) is 0 Å². The van der Waals surface area contributed by atoms with Crippen LogP contribution >= 0.6 is 15.9 Å². The summed E-state index contributed by atoms with van der Waals surface area (Å²) in [4.78, 5) is 2.02. The molecule has 0 saturated heterocycles. The first kappa shape index (κ1) is 17.5. The van der Waals surface area contributed by atoms with Crippen molar-refractivity contribution in [1.29, 1.82) is 0 Å². The molecule has 0 aliphatic rings. The highest BCUT2D eigenvalue weighted by Crippen LogP contribution is 2.14. The summed E-state index contributed by atoms with van der Waals surface area (Å²) in [6.45, 7) is 5.82. The van der Waals surface area contributed by atoms with E-state index in [9.17, 15) is 22.5 Å². The number of aromatic nitrogens is 4. The van der Waals surface area contributed by atoms with Crippen LogP contribution in [0.2, 0.25) is 0 Å². The summed E-state index contributed by atoms with van der Waals surface area (Å²) in [6, 6.07) is 5.29. The Labute approximate surface area is 126 Å². The third-order valence-corrected chi connectivity index (χ3v) is 2.61. The van der Waals surface area contributed by atoms with Gasteiger partial charge in [-0.2, -0.15) is 0 Å². The van der Waals surface area contributed by atoms with Crippen molar-refractivity contribution in [3.8, 4) is 0 Å². The minimum atomic E-state index is -6.00. The second kappa shape index (κ2) is 6.08. The topological polar surface area (TPSA) is 56.6 Å². The molecule has 0 fully saturated rings. The molecule has 1 aromatic heterocycles. The third-order valence-electron chi connectivity index (χ3n) is 2.11. The fourth-order valence-corrected chi connectivity index (χ4v) is 1.62. The molecule has 2 rings (SSSR count). The highest BCUT2D eigenvalue weighted by molar-refractivity contribution is 9.10. The van der Waals surface area contributed by atoms with E-state index in [0.717, 1.165) is 4.47 Å². The van der Waals surface area contributed by atoms with Crippen molar-refractivity contribution in [2.75, 3.05) is 0 Å². The van der Waals surface area contributed by atoms with Gasteiger partial charge in [-0.15, -0.1) is 0 Å². The number of rotatable bonds is 0. The second-order valence-electron chi connectivity index (χ2n) is 5.05. The molecule has 0 aliphatic carbocycles. The smallest absolute Gasteiger partial charge is 0.590 e. The minimum Gasteiger partial charge on any atom is -0.590 e. The maximum Gasteiger partial charge on any atom is 0.673 e. The highest BCUT2D eigenvalue weighted by Gasteiger charge is 2.31. The zero-order valence-corrected chi connectivity index (χ0v) is 13.0. The lowest BCUT2D eigenvalue weighted by Crippen LogP contribution is -2.62. The first-order valence-corrected chi connectivity index (χ1v) is 6.55. The average Bonchev–Trinajstić information content (AvgIpc) is 2.24. The zero-order chi connectivity index (χ0) is 16.4. The first-order valence-electron chi connectivity index (χ1n) is 5.75. The molecule has 1 aromatic carbocycles. The summed E-state index contributed by atoms with van der Waals surface area (Å²) in [5.41, 5.74) is 0.765. The third kappa shape index (κ3) is 5.78. The molecule has 0 bridgehead atoms. The van der Waals surface area contributed by atoms with E-state index in [1.54, 1.807) is 18.2 Å². The van der Waals surface area contributed by atoms with E-state index in [4.69, 9.17) is 0 Å².